The van der Waals surface area contributed by atoms with Gasteiger partial charge in [0.1, 0.15) is 12.6 Å². The average Bonchev–Trinajstić information content (AvgIpc) is 3.16. The number of aliphatic carboxylic acids is 1. The summed E-state index contributed by atoms with van der Waals surface area (Å²) in [4.78, 5) is 38.2. The fourth-order valence-electron chi connectivity index (χ4n) is 5.26. The molecule has 2 N–H and O–H groups in total. The van der Waals surface area contributed by atoms with Crippen molar-refractivity contribution >= 4 is 18.0 Å². The summed E-state index contributed by atoms with van der Waals surface area (Å²) in [6, 6.07) is 15.7. The van der Waals surface area contributed by atoms with E-state index in [1.54, 1.807) is 0 Å². The van der Waals surface area contributed by atoms with Crippen molar-refractivity contribution < 1.29 is 24.2 Å². The van der Waals surface area contributed by atoms with Crippen molar-refractivity contribution in [2.45, 2.75) is 51.5 Å². The van der Waals surface area contributed by atoms with Gasteiger partial charge in [0.15, 0.2) is 0 Å². The molecule has 3 atom stereocenters. The second kappa shape index (κ2) is 10.9. The highest BCUT2D eigenvalue weighted by molar-refractivity contribution is 5.84. The van der Waals surface area contributed by atoms with Crippen molar-refractivity contribution in [3.8, 4) is 11.1 Å². The van der Waals surface area contributed by atoms with E-state index in [4.69, 9.17) is 4.74 Å². The lowest BCUT2D eigenvalue weighted by molar-refractivity contribution is -0.153. The van der Waals surface area contributed by atoms with Gasteiger partial charge in [-0.05, 0) is 53.4 Å². The lowest BCUT2D eigenvalue weighted by Crippen LogP contribution is -2.50. The first-order valence-electron chi connectivity index (χ1n) is 12.5. The van der Waals surface area contributed by atoms with E-state index in [1.807, 2.05) is 38.1 Å². The number of ether oxygens (including phenoxy) is 1. The van der Waals surface area contributed by atoms with Crippen molar-refractivity contribution in [1.29, 1.82) is 0 Å². The predicted octanol–water partition coefficient (Wildman–Crippen LogP) is 4.65. The maximum Gasteiger partial charge on any atom is 0.407 e. The number of fused-ring (bicyclic) bond motifs is 3. The van der Waals surface area contributed by atoms with E-state index in [-0.39, 0.29) is 30.8 Å². The van der Waals surface area contributed by atoms with Gasteiger partial charge < -0.3 is 20.1 Å². The highest BCUT2D eigenvalue weighted by Gasteiger charge is 2.35. The molecule has 1 saturated heterocycles. The van der Waals surface area contributed by atoms with Gasteiger partial charge in [-0.15, -0.1) is 0 Å². The molecule has 7 nitrogen and oxygen atoms in total. The minimum atomic E-state index is -0.936. The molecular weight excluding hydrogens is 444 g/mol. The van der Waals surface area contributed by atoms with Crippen LogP contribution in [0.3, 0.4) is 0 Å². The maximum atomic E-state index is 12.7. The third kappa shape index (κ3) is 5.66. The lowest BCUT2D eigenvalue weighted by atomic mass is 9.91. The molecule has 2 aliphatic rings. The Morgan fingerprint density at radius 3 is 2.34 bits per heavy atom. The van der Waals surface area contributed by atoms with E-state index in [9.17, 15) is 19.5 Å². The Morgan fingerprint density at radius 1 is 1.09 bits per heavy atom. The number of carbonyl (C=O) groups excluding carboxylic acids is 2. The van der Waals surface area contributed by atoms with Crippen molar-refractivity contribution in [1.82, 2.24) is 10.2 Å². The first-order valence-corrected chi connectivity index (χ1v) is 12.5. The molecule has 35 heavy (non-hydrogen) atoms. The summed E-state index contributed by atoms with van der Waals surface area (Å²) in [7, 11) is 0. The Labute approximate surface area is 206 Å². The first kappa shape index (κ1) is 24.8. The number of nitrogens with zero attached hydrogens (tertiary/aromatic N) is 1. The van der Waals surface area contributed by atoms with Crippen LogP contribution in [0, 0.1) is 11.8 Å². The minimum Gasteiger partial charge on any atom is -0.480 e. The molecule has 7 heteroatoms. The molecule has 1 aliphatic heterocycles. The molecule has 0 radical (unpaired) electrons. The normalized spacial score (nSPS) is 20.0. The number of carboxylic acid groups (broad SMARTS) is 1. The standard InChI is InChI=1S/C28H34N2O5/c1-18(16-26(31)30-14-12-19(2)15-25(30)27(32)33)11-13-29-28(34)35-17-24-22-9-5-3-7-20(22)21-8-4-6-10-23(21)24/h3-10,18-19,24-25H,11-17H2,1-2H3,(H,29,34)(H,32,33). The molecule has 2 aromatic rings. The van der Waals surface area contributed by atoms with E-state index < -0.39 is 18.1 Å². The number of amides is 2. The number of likely N-dealkylation sites (tertiary alicyclic amines) is 1. The van der Waals surface area contributed by atoms with Crippen LogP contribution < -0.4 is 5.32 Å². The van der Waals surface area contributed by atoms with Crippen molar-refractivity contribution in [2.75, 3.05) is 19.7 Å². The molecule has 0 bridgehead atoms. The summed E-state index contributed by atoms with van der Waals surface area (Å²) in [5.41, 5.74) is 4.70. The van der Waals surface area contributed by atoms with Crippen LogP contribution in [0.1, 0.15) is 56.6 Å². The van der Waals surface area contributed by atoms with Crippen LogP contribution in [0.25, 0.3) is 11.1 Å². The number of rotatable bonds is 8. The maximum absolute atomic E-state index is 12.7. The zero-order valence-corrected chi connectivity index (χ0v) is 20.4. The van der Waals surface area contributed by atoms with Crippen LogP contribution in [0.15, 0.2) is 48.5 Å². The number of hydrogen-bond acceptors (Lipinski definition) is 4. The summed E-state index contributed by atoms with van der Waals surface area (Å²) in [6.07, 6.45) is 1.73. The summed E-state index contributed by atoms with van der Waals surface area (Å²) >= 11 is 0. The molecule has 1 aliphatic carbocycles. The fraction of sp³-hybridized carbons (Fsp3) is 0.464. The highest BCUT2D eigenvalue weighted by Crippen LogP contribution is 2.44. The van der Waals surface area contributed by atoms with Crippen LogP contribution in [0.2, 0.25) is 0 Å². The Morgan fingerprint density at radius 2 is 1.71 bits per heavy atom. The third-order valence-corrected chi connectivity index (χ3v) is 7.24. The summed E-state index contributed by atoms with van der Waals surface area (Å²) in [5, 5.41) is 12.3. The molecule has 2 aromatic carbocycles. The number of benzene rings is 2. The smallest absolute Gasteiger partial charge is 0.407 e. The monoisotopic (exact) mass is 478 g/mol. The molecule has 186 valence electrons. The zero-order chi connectivity index (χ0) is 24.9. The highest BCUT2D eigenvalue weighted by atomic mass is 16.5. The molecule has 3 unspecified atom stereocenters. The quantitative estimate of drug-likeness (QED) is 0.576. The van der Waals surface area contributed by atoms with Crippen molar-refractivity contribution in [3.05, 3.63) is 59.7 Å². The number of nitrogens with one attached hydrogen (secondary N) is 1. The van der Waals surface area contributed by atoms with Crippen LogP contribution in [0.5, 0.6) is 0 Å². The number of carbonyl (C=O) groups is 3. The van der Waals surface area contributed by atoms with Crippen LogP contribution in [-0.4, -0.2) is 53.7 Å². The van der Waals surface area contributed by atoms with Crippen molar-refractivity contribution in [3.63, 3.8) is 0 Å². The van der Waals surface area contributed by atoms with E-state index >= 15 is 0 Å². The second-order valence-corrected chi connectivity index (χ2v) is 9.92. The minimum absolute atomic E-state index is 0.0131. The Kier molecular flexibility index (Phi) is 7.73. The average molecular weight is 479 g/mol. The van der Waals surface area contributed by atoms with Gasteiger partial charge in [-0.25, -0.2) is 9.59 Å². The Bertz CT molecular complexity index is 1040. The SMILES string of the molecule is CC(CCNC(=O)OCC1c2ccccc2-c2ccccc21)CC(=O)N1CCC(C)CC1C(=O)O. The van der Waals surface area contributed by atoms with E-state index in [2.05, 4.69) is 29.6 Å². The fourth-order valence-corrected chi connectivity index (χ4v) is 5.26. The molecule has 1 fully saturated rings. The lowest BCUT2D eigenvalue weighted by Gasteiger charge is -2.36. The van der Waals surface area contributed by atoms with E-state index in [1.165, 1.54) is 27.2 Å². The number of hydrogen-bond donors (Lipinski definition) is 2. The largest absolute Gasteiger partial charge is 0.480 e. The Hall–Kier alpha value is -3.35. The van der Waals surface area contributed by atoms with Gasteiger partial charge in [-0.1, -0.05) is 62.4 Å². The topological polar surface area (TPSA) is 95.9 Å². The molecule has 1 heterocycles. The molecule has 0 spiro atoms. The van der Waals surface area contributed by atoms with Gasteiger partial charge in [0.2, 0.25) is 5.91 Å². The van der Waals surface area contributed by atoms with Crippen LogP contribution in [-0.2, 0) is 14.3 Å². The number of alkyl carbamates (subject to hydrolysis) is 1. The van der Waals surface area contributed by atoms with E-state index in [0.29, 0.717) is 31.8 Å². The summed E-state index contributed by atoms with van der Waals surface area (Å²) < 4.78 is 5.56. The first-order chi connectivity index (χ1) is 16.8. The van der Waals surface area contributed by atoms with Gasteiger partial charge in [-0.2, -0.15) is 0 Å². The van der Waals surface area contributed by atoms with Crippen LogP contribution in [0.4, 0.5) is 4.79 Å². The molecule has 4 rings (SSSR count). The molecule has 0 saturated carbocycles. The molecule has 0 aromatic heterocycles. The summed E-state index contributed by atoms with van der Waals surface area (Å²) in [6.45, 7) is 5.11. The Balaban J connectivity index is 1.22. The van der Waals surface area contributed by atoms with E-state index in [0.717, 1.165) is 6.42 Å². The number of piperidine rings is 1. The van der Waals surface area contributed by atoms with Gasteiger partial charge in [0, 0.05) is 25.4 Å². The predicted molar refractivity (Wildman–Crippen MR) is 133 cm³/mol. The zero-order valence-electron chi connectivity index (χ0n) is 20.4. The van der Waals surface area contributed by atoms with Crippen LogP contribution >= 0.6 is 0 Å². The molecular formula is C28H34N2O5. The molecule has 2 amide bonds. The van der Waals surface area contributed by atoms with Gasteiger partial charge in [0.25, 0.3) is 0 Å². The van der Waals surface area contributed by atoms with Gasteiger partial charge >= 0.3 is 12.1 Å². The second-order valence-electron chi connectivity index (χ2n) is 9.92. The summed E-state index contributed by atoms with van der Waals surface area (Å²) in [5.74, 6) is -0.726. The van der Waals surface area contributed by atoms with Gasteiger partial charge in [-0.3, -0.25) is 4.79 Å². The van der Waals surface area contributed by atoms with Crippen molar-refractivity contribution in [2.24, 2.45) is 11.8 Å². The third-order valence-electron chi connectivity index (χ3n) is 7.24. The van der Waals surface area contributed by atoms with Gasteiger partial charge in [0.05, 0.1) is 0 Å². The number of carboxylic acids is 1.